The lowest BCUT2D eigenvalue weighted by Gasteiger charge is -2.13. The lowest BCUT2D eigenvalue weighted by atomic mass is 10.0. The van der Waals surface area contributed by atoms with E-state index >= 15 is 0 Å². The van der Waals surface area contributed by atoms with Crippen LogP contribution >= 0.6 is 34.8 Å². The molecule has 1 saturated carbocycles. The quantitative estimate of drug-likeness (QED) is 0.159. The number of carbonyl (C=O) groups is 2. The number of hydrogen-bond donors (Lipinski definition) is 3. The Morgan fingerprint density at radius 1 is 0.974 bits per heavy atom. The second-order valence-electron chi connectivity index (χ2n) is 8.77. The molecule has 0 radical (unpaired) electrons. The monoisotopic (exact) mass is 609 g/mol. The van der Waals surface area contributed by atoms with Crippen molar-refractivity contribution in [2.75, 3.05) is 16.4 Å². The van der Waals surface area contributed by atoms with Crippen LogP contribution in [-0.2, 0) is 11.0 Å². The van der Waals surface area contributed by atoms with Crippen molar-refractivity contribution in [3.8, 4) is 0 Å². The fraction of sp³-hybridized carbons (Fsp3) is 0.200. The molecule has 206 valence electrons. The van der Waals surface area contributed by atoms with Gasteiger partial charge in [-0.2, -0.15) is 13.2 Å². The summed E-state index contributed by atoms with van der Waals surface area (Å²) < 4.78 is 79.5. The highest BCUT2D eigenvalue weighted by molar-refractivity contribution is 6.53. The Kier molecular flexibility index (Phi) is 7.48. The number of anilines is 3. The number of nitrogens with one attached hydrogen (secondary N) is 2. The number of benzene rings is 3. The van der Waals surface area contributed by atoms with Gasteiger partial charge in [-0.15, -0.1) is 23.2 Å². The van der Waals surface area contributed by atoms with Crippen molar-refractivity contribution >= 4 is 63.7 Å². The van der Waals surface area contributed by atoms with Crippen molar-refractivity contribution in [3.63, 3.8) is 0 Å². The van der Waals surface area contributed by atoms with Gasteiger partial charge >= 0.3 is 6.18 Å². The van der Waals surface area contributed by atoms with E-state index in [2.05, 4.69) is 10.6 Å². The molecule has 0 saturated heterocycles. The van der Waals surface area contributed by atoms with Crippen LogP contribution in [0.4, 0.5) is 43.4 Å². The van der Waals surface area contributed by atoms with Gasteiger partial charge in [0.25, 0.3) is 5.91 Å². The average Bonchev–Trinajstić information content (AvgIpc) is 3.43. The second kappa shape index (κ2) is 10.1. The largest absolute Gasteiger partial charge is 0.419 e. The molecule has 1 aliphatic carbocycles. The van der Waals surface area contributed by atoms with Gasteiger partial charge in [0.15, 0.2) is 11.6 Å². The summed E-state index contributed by atoms with van der Waals surface area (Å²) in [6.45, 7) is 1.13. The van der Waals surface area contributed by atoms with Crippen molar-refractivity contribution in [1.29, 1.82) is 0 Å². The van der Waals surface area contributed by atoms with Crippen LogP contribution in [-0.4, -0.2) is 16.1 Å². The molecule has 0 spiro atoms. The fourth-order valence-corrected chi connectivity index (χ4v) is 5.13. The van der Waals surface area contributed by atoms with Gasteiger partial charge in [0.05, 0.1) is 33.4 Å². The van der Waals surface area contributed by atoms with Crippen LogP contribution in [0.25, 0.3) is 0 Å². The molecule has 4 rings (SSSR count). The minimum absolute atomic E-state index is 0.0229. The molecular formula is C25H16Cl3F6N3O2. The molecule has 4 N–H and O–H groups in total. The summed E-state index contributed by atoms with van der Waals surface area (Å²) in [5, 5.41) is 4.60. The molecule has 3 aromatic carbocycles. The lowest BCUT2D eigenvalue weighted by Crippen LogP contribution is -2.19. The van der Waals surface area contributed by atoms with E-state index < -0.39 is 74.1 Å². The van der Waals surface area contributed by atoms with Gasteiger partial charge in [0.1, 0.15) is 10.2 Å². The van der Waals surface area contributed by atoms with Crippen molar-refractivity contribution in [2.45, 2.75) is 23.4 Å². The third-order valence-corrected chi connectivity index (χ3v) is 7.44. The molecule has 1 unspecified atom stereocenters. The van der Waals surface area contributed by atoms with E-state index in [1.165, 1.54) is 12.1 Å². The summed E-state index contributed by atoms with van der Waals surface area (Å²) in [5.41, 5.74) is 2.47. The normalized spacial score (nSPS) is 18.0. The van der Waals surface area contributed by atoms with Gasteiger partial charge in [-0.05, 0) is 48.9 Å². The zero-order chi connectivity index (χ0) is 29.0. The molecule has 1 fully saturated rings. The first-order valence-corrected chi connectivity index (χ1v) is 12.1. The molecule has 0 aromatic heterocycles. The molecule has 2 amide bonds. The maximum atomic E-state index is 14.4. The first-order chi connectivity index (χ1) is 18.0. The van der Waals surface area contributed by atoms with E-state index in [-0.39, 0.29) is 21.8 Å². The van der Waals surface area contributed by atoms with E-state index in [0.717, 1.165) is 25.1 Å². The van der Waals surface area contributed by atoms with Gasteiger partial charge in [0.2, 0.25) is 5.91 Å². The Morgan fingerprint density at radius 3 is 2.28 bits per heavy atom. The van der Waals surface area contributed by atoms with E-state index in [9.17, 15) is 35.9 Å². The van der Waals surface area contributed by atoms with E-state index in [0.29, 0.717) is 12.1 Å². The molecule has 14 heteroatoms. The number of alkyl halides is 5. The first-order valence-electron chi connectivity index (χ1n) is 10.9. The minimum atomic E-state index is -4.98. The van der Waals surface area contributed by atoms with Crippen LogP contribution in [0.5, 0.6) is 0 Å². The van der Waals surface area contributed by atoms with Crippen molar-refractivity contribution < 1.29 is 35.9 Å². The first kappa shape index (κ1) is 28.8. The zero-order valence-electron chi connectivity index (χ0n) is 19.5. The van der Waals surface area contributed by atoms with Crippen LogP contribution in [0, 0.1) is 30.3 Å². The maximum absolute atomic E-state index is 14.4. The maximum Gasteiger partial charge on any atom is 0.419 e. The van der Waals surface area contributed by atoms with Crippen LogP contribution in [0.3, 0.4) is 0 Å². The molecular weight excluding hydrogens is 595 g/mol. The summed E-state index contributed by atoms with van der Waals surface area (Å²) in [7, 11) is 0. The topological polar surface area (TPSA) is 84.2 Å². The van der Waals surface area contributed by atoms with Crippen LogP contribution in [0.15, 0.2) is 42.5 Å². The molecule has 0 bridgehead atoms. The number of hydrogen-bond acceptors (Lipinski definition) is 3. The van der Waals surface area contributed by atoms with E-state index in [1.54, 1.807) is 0 Å². The average molecular weight is 611 g/mol. The van der Waals surface area contributed by atoms with Gasteiger partial charge in [0, 0.05) is 17.2 Å². The third kappa shape index (κ3) is 5.48. The molecule has 3 aromatic rings. The standard InChI is InChI=1S/C25H16Cl3F6N3O2/c1-9-20(30)16(35)8-17(21(9)31)37-22(38)12-7-11(3-4-14(12)26)36-23(39)19-18(24(19,27)28)10-2-5-15(29)13(6-10)25(32,33)34/h2-8,18-19H,35H2,1H3,(H,36,39)(H,37,38)/t18?,19-/m1/s1. The molecule has 0 aliphatic heterocycles. The van der Waals surface area contributed by atoms with Crippen LogP contribution < -0.4 is 16.4 Å². The number of nitrogens with two attached hydrogens (primary N) is 1. The van der Waals surface area contributed by atoms with Gasteiger partial charge in [-0.1, -0.05) is 17.7 Å². The minimum Gasteiger partial charge on any atom is -0.396 e. The molecule has 2 atom stereocenters. The zero-order valence-corrected chi connectivity index (χ0v) is 21.8. The lowest BCUT2D eigenvalue weighted by molar-refractivity contribution is -0.140. The molecule has 39 heavy (non-hydrogen) atoms. The van der Waals surface area contributed by atoms with Gasteiger partial charge < -0.3 is 16.4 Å². The number of carbonyl (C=O) groups excluding carboxylic acids is 2. The van der Waals surface area contributed by atoms with Crippen molar-refractivity contribution in [3.05, 3.63) is 87.2 Å². The van der Waals surface area contributed by atoms with Gasteiger partial charge in [-0.3, -0.25) is 9.59 Å². The van der Waals surface area contributed by atoms with E-state index in [1.807, 2.05) is 0 Å². The summed E-state index contributed by atoms with van der Waals surface area (Å²) in [6, 6.07) is 6.81. The number of nitrogen functional groups attached to an aromatic ring is 1. The Bertz CT molecular complexity index is 1510. The van der Waals surface area contributed by atoms with E-state index in [4.69, 9.17) is 40.5 Å². The third-order valence-electron chi connectivity index (χ3n) is 6.17. The number of rotatable bonds is 5. The Morgan fingerprint density at radius 2 is 1.64 bits per heavy atom. The predicted octanol–water partition coefficient (Wildman–Crippen LogP) is 7.45. The van der Waals surface area contributed by atoms with Crippen molar-refractivity contribution in [2.24, 2.45) is 5.92 Å². The predicted molar refractivity (Wildman–Crippen MR) is 136 cm³/mol. The summed E-state index contributed by atoms with van der Waals surface area (Å²) in [5.74, 6) is -7.55. The number of halogens is 9. The second-order valence-corrected chi connectivity index (χ2v) is 10.6. The summed E-state index contributed by atoms with van der Waals surface area (Å²) in [6.07, 6.45) is -4.98. The van der Waals surface area contributed by atoms with Crippen LogP contribution in [0.1, 0.15) is 33.0 Å². The van der Waals surface area contributed by atoms with Gasteiger partial charge in [-0.25, -0.2) is 13.2 Å². The smallest absolute Gasteiger partial charge is 0.396 e. The van der Waals surface area contributed by atoms with Crippen LogP contribution in [0.2, 0.25) is 5.02 Å². The molecule has 5 nitrogen and oxygen atoms in total. The van der Waals surface area contributed by atoms with Crippen molar-refractivity contribution in [1.82, 2.24) is 0 Å². The Hall–Kier alpha value is -3.15. The molecule has 0 heterocycles. The Labute approximate surface area is 232 Å². The number of amides is 2. The highest BCUT2D eigenvalue weighted by Gasteiger charge is 2.67. The highest BCUT2D eigenvalue weighted by atomic mass is 35.5. The highest BCUT2D eigenvalue weighted by Crippen LogP contribution is 2.65. The Balaban J connectivity index is 1.54. The fourth-order valence-electron chi connectivity index (χ4n) is 4.10. The SMILES string of the molecule is Cc1c(F)c(N)cc(NC(=O)c2cc(NC(=O)[C@H]3C(c4ccc(F)c(C(F)(F)F)c4)C3(Cl)Cl)ccc2Cl)c1F. The summed E-state index contributed by atoms with van der Waals surface area (Å²) in [4.78, 5) is 25.7. The molecule has 1 aliphatic rings. The summed E-state index contributed by atoms with van der Waals surface area (Å²) >= 11 is 18.5.